The maximum atomic E-state index is 13.8. The van der Waals surface area contributed by atoms with Gasteiger partial charge in [-0.2, -0.15) is 0 Å². The van der Waals surface area contributed by atoms with Crippen molar-refractivity contribution in [3.05, 3.63) is 77.6 Å². The molecule has 3 N–H and O–H groups in total. The zero-order chi connectivity index (χ0) is 17.6. The average Bonchev–Trinajstić information content (AvgIpc) is 2.61. The summed E-state index contributed by atoms with van der Waals surface area (Å²) in [5.74, 6) is 0.495. The van der Waals surface area contributed by atoms with Gasteiger partial charge in [0.05, 0.1) is 11.7 Å². The molecule has 0 amide bonds. The van der Waals surface area contributed by atoms with E-state index in [-0.39, 0.29) is 18.5 Å². The maximum absolute atomic E-state index is 13.8. The summed E-state index contributed by atoms with van der Waals surface area (Å²) in [5, 5.41) is 13.8. The molecule has 0 aliphatic carbocycles. The lowest BCUT2D eigenvalue weighted by atomic mass is 10.0. The van der Waals surface area contributed by atoms with Crippen LogP contribution in [0.1, 0.15) is 18.1 Å². The molecule has 130 valence electrons. The van der Waals surface area contributed by atoms with Crippen LogP contribution in [0.4, 0.5) is 4.39 Å². The molecule has 4 heteroatoms. The van der Waals surface area contributed by atoms with Gasteiger partial charge in [-0.3, -0.25) is 0 Å². The molecule has 1 atom stereocenters. The van der Waals surface area contributed by atoms with Crippen molar-refractivity contribution in [1.82, 2.24) is 0 Å². The van der Waals surface area contributed by atoms with E-state index in [4.69, 9.17) is 4.74 Å². The number of rotatable bonds is 7. The van der Waals surface area contributed by atoms with E-state index in [0.29, 0.717) is 18.7 Å². The fourth-order valence-electron chi connectivity index (χ4n) is 2.90. The van der Waals surface area contributed by atoms with Crippen molar-refractivity contribution >= 4 is 10.8 Å². The molecule has 0 heterocycles. The van der Waals surface area contributed by atoms with E-state index in [1.165, 1.54) is 6.07 Å². The Labute approximate surface area is 147 Å². The first-order valence-corrected chi connectivity index (χ1v) is 8.51. The molecule has 0 aliphatic heterocycles. The van der Waals surface area contributed by atoms with Crippen LogP contribution < -0.4 is 10.1 Å². The van der Waals surface area contributed by atoms with E-state index in [0.717, 1.165) is 22.1 Å². The van der Waals surface area contributed by atoms with E-state index < -0.39 is 0 Å². The highest BCUT2D eigenvalue weighted by atomic mass is 19.1. The third kappa shape index (κ3) is 4.35. The van der Waals surface area contributed by atoms with Gasteiger partial charge in [0.2, 0.25) is 0 Å². The van der Waals surface area contributed by atoms with Crippen LogP contribution in [0.5, 0.6) is 5.75 Å². The first-order chi connectivity index (χ1) is 12.1. The molecular formula is C21H23FNO2+. The van der Waals surface area contributed by atoms with E-state index in [2.05, 4.69) is 17.4 Å². The van der Waals surface area contributed by atoms with Crippen LogP contribution in [0.25, 0.3) is 10.8 Å². The fraction of sp³-hybridized carbons (Fsp3) is 0.238. The number of halogens is 1. The van der Waals surface area contributed by atoms with Crippen LogP contribution in [0.2, 0.25) is 0 Å². The summed E-state index contributed by atoms with van der Waals surface area (Å²) in [5.41, 5.74) is 1.60. The van der Waals surface area contributed by atoms with Gasteiger partial charge in [0.15, 0.2) is 0 Å². The number of aliphatic hydroxyl groups excluding tert-OH is 1. The Bertz CT molecular complexity index is 848. The fourth-order valence-corrected chi connectivity index (χ4v) is 2.90. The van der Waals surface area contributed by atoms with Crippen molar-refractivity contribution in [2.45, 2.75) is 26.2 Å². The Morgan fingerprint density at radius 1 is 1.04 bits per heavy atom. The summed E-state index contributed by atoms with van der Waals surface area (Å²) in [6, 6.07) is 18.7. The molecule has 0 spiro atoms. The number of benzene rings is 3. The second kappa shape index (κ2) is 8.10. The standard InChI is InChI=1S/C21H22FNO2/c1-15(24)12-23-13-19-18-8-4-2-6-16(18)10-11-21(19)25-14-17-7-3-5-9-20(17)22/h2-11,15,23-24H,12-14H2,1H3/p+1/t15-/m0/s1. The van der Waals surface area contributed by atoms with Gasteiger partial charge in [0.25, 0.3) is 0 Å². The smallest absolute Gasteiger partial charge is 0.129 e. The van der Waals surface area contributed by atoms with E-state index in [9.17, 15) is 9.50 Å². The summed E-state index contributed by atoms with van der Waals surface area (Å²) in [7, 11) is 0. The quantitative estimate of drug-likeness (QED) is 0.694. The minimum Gasteiger partial charge on any atom is -0.488 e. The largest absolute Gasteiger partial charge is 0.488 e. The Morgan fingerprint density at radius 3 is 2.60 bits per heavy atom. The highest BCUT2D eigenvalue weighted by molar-refractivity contribution is 5.87. The molecule has 3 rings (SSSR count). The summed E-state index contributed by atoms with van der Waals surface area (Å²) in [6.07, 6.45) is -0.363. The molecule has 0 aliphatic rings. The summed E-state index contributed by atoms with van der Waals surface area (Å²) < 4.78 is 19.8. The molecule has 25 heavy (non-hydrogen) atoms. The molecule has 0 radical (unpaired) electrons. The average molecular weight is 340 g/mol. The molecule has 3 aromatic rings. The SMILES string of the molecule is C[C@H](O)C[NH2+]Cc1c(OCc2ccccc2F)ccc2ccccc12. The Morgan fingerprint density at radius 2 is 1.80 bits per heavy atom. The number of hydrogen-bond donors (Lipinski definition) is 2. The lowest BCUT2D eigenvalue weighted by Gasteiger charge is -2.14. The van der Waals surface area contributed by atoms with Crippen molar-refractivity contribution in [2.24, 2.45) is 0 Å². The van der Waals surface area contributed by atoms with Gasteiger partial charge in [-0.15, -0.1) is 0 Å². The number of aliphatic hydroxyl groups is 1. The zero-order valence-corrected chi connectivity index (χ0v) is 14.3. The summed E-state index contributed by atoms with van der Waals surface area (Å²) in [4.78, 5) is 0. The Balaban J connectivity index is 1.86. The maximum Gasteiger partial charge on any atom is 0.129 e. The molecule has 0 bridgehead atoms. The van der Waals surface area contributed by atoms with Gasteiger partial charge in [0.1, 0.15) is 31.3 Å². The van der Waals surface area contributed by atoms with Crippen molar-refractivity contribution < 1.29 is 19.6 Å². The lowest BCUT2D eigenvalue weighted by Crippen LogP contribution is -2.84. The van der Waals surface area contributed by atoms with E-state index >= 15 is 0 Å². The van der Waals surface area contributed by atoms with Crippen LogP contribution in [0.3, 0.4) is 0 Å². The Kier molecular flexibility index (Phi) is 5.64. The van der Waals surface area contributed by atoms with Gasteiger partial charge in [-0.25, -0.2) is 4.39 Å². The molecule has 0 fully saturated rings. The van der Waals surface area contributed by atoms with Gasteiger partial charge >= 0.3 is 0 Å². The number of ether oxygens (including phenoxy) is 1. The summed E-state index contributed by atoms with van der Waals surface area (Å²) >= 11 is 0. The van der Waals surface area contributed by atoms with Crippen molar-refractivity contribution in [1.29, 1.82) is 0 Å². The predicted octanol–water partition coefficient (Wildman–Crippen LogP) is 3.00. The first kappa shape index (κ1) is 17.4. The third-order valence-electron chi connectivity index (χ3n) is 4.19. The van der Waals surface area contributed by atoms with Crippen LogP contribution in [-0.4, -0.2) is 17.8 Å². The lowest BCUT2D eigenvalue weighted by molar-refractivity contribution is -0.675. The number of quaternary nitrogens is 1. The van der Waals surface area contributed by atoms with Gasteiger partial charge in [-0.1, -0.05) is 48.5 Å². The molecule has 0 saturated heterocycles. The van der Waals surface area contributed by atoms with Crippen molar-refractivity contribution in [3.8, 4) is 5.75 Å². The molecule has 3 nitrogen and oxygen atoms in total. The Hall–Kier alpha value is -2.43. The summed E-state index contributed by atoms with van der Waals surface area (Å²) in [6.45, 7) is 3.28. The minimum atomic E-state index is -0.363. The first-order valence-electron chi connectivity index (χ1n) is 8.51. The number of nitrogens with two attached hydrogens (primary N) is 1. The van der Waals surface area contributed by atoms with Gasteiger partial charge in [-0.05, 0) is 29.8 Å². The van der Waals surface area contributed by atoms with Crippen LogP contribution in [0.15, 0.2) is 60.7 Å². The molecule has 0 aromatic heterocycles. The third-order valence-corrected chi connectivity index (χ3v) is 4.19. The topological polar surface area (TPSA) is 46.1 Å². The normalized spacial score (nSPS) is 12.3. The zero-order valence-electron chi connectivity index (χ0n) is 14.3. The van der Waals surface area contributed by atoms with E-state index in [1.807, 2.05) is 24.3 Å². The number of fused-ring (bicyclic) bond motifs is 1. The van der Waals surface area contributed by atoms with Crippen molar-refractivity contribution in [2.75, 3.05) is 6.54 Å². The molecule has 0 saturated carbocycles. The van der Waals surface area contributed by atoms with E-state index in [1.54, 1.807) is 25.1 Å². The number of hydrogen-bond acceptors (Lipinski definition) is 2. The minimum absolute atomic E-state index is 0.189. The highest BCUT2D eigenvalue weighted by Gasteiger charge is 2.12. The predicted molar refractivity (Wildman–Crippen MR) is 96.9 cm³/mol. The van der Waals surface area contributed by atoms with Crippen LogP contribution in [-0.2, 0) is 13.2 Å². The highest BCUT2D eigenvalue weighted by Crippen LogP contribution is 2.28. The van der Waals surface area contributed by atoms with Crippen molar-refractivity contribution in [3.63, 3.8) is 0 Å². The van der Waals surface area contributed by atoms with Gasteiger partial charge < -0.3 is 15.2 Å². The molecule has 0 unspecified atom stereocenters. The second-order valence-corrected chi connectivity index (χ2v) is 6.22. The van der Waals surface area contributed by atoms with Gasteiger partial charge in [0, 0.05) is 5.56 Å². The monoisotopic (exact) mass is 340 g/mol. The second-order valence-electron chi connectivity index (χ2n) is 6.22. The van der Waals surface area contributed by atoms with Crippen LogP contribution in [0, 0.1) is 5.82 Å². The van der Waals surface area contributed by atoms with Crippen LogP contribution >= 0.6 is 0 Å². The molecule has 3 aromatic carbocycles. The molecular weight excluding hydrogens is 317 g/mol.